The predicted octanol–water partition coefficient (Wildman–Crippen LogP) is 7.35. The second kappa shape index (κ2) is 12.2. The van der Waals surface area contributed by atoms with Gasteiger partial charge in [-0.05, 0) is 99.5 Å². The Kier molecular flexibility index (Phi) is 9.29. The summed E-state index contributed by atoms with van der Waals surface area (Å²) in [6.45, 7) is 3.22. The highest BCUT2D eigenvalue weighted by Crippen LogP contribution is 2.37. The van der Waals surface area contributed by atoms with Crippen LogP contribution in [-0.4, -0.2) is 12.7 Å². The molecule has 0 bridgehead atoms. The van der Waals surface area contributed by atoms with E-state index in [2.05, 4.69) is 37.3 Å². The first-order valence-electron chi connectivity index (χ1n) is 12.0. The third-order valence-corrected chi connectivity index (χ3v) is 7.13. The molecule has 0 amide bonds. The van der Waals surface area contributed by atoms with Crippen molar-refractivity contribution in [3.63, 3.8) is 0 Å². The zero-order valence-corrected chi connectivity index (χ0v) is 18.3. The zero-order valence-electron chi connectivity index (χ0n) is 18.3. The van der Waals surface area contributed by atoms with Crippen molar-refractivity contribution in [1.82, 2.24) is 0 Å². The van der Waals surface area contributed by atoms with Crippen LogP contribution in [0.2, 0.25) is 0 Å². The monoisotopic (exact) mass is 393 g/mol. The molecule has 0 N–H and O–H groups in total. The van der Waals surface area contributed by atoms with Gasteiger partial charge in [0, 0.05) is 12.7 Å². The average molecular weight is 394 g/mol. The third-order valence-electron chi connectivity index (χ3n) is 7.13. The van der Waals surface area contributed by atoms with Gasteiger partial charge in [0.15, 0.2) is 0 Å². The summed E-state index contributed by atoms with van der Waals surface area (Å²) in [5, 5.41) is 8.55. The molecule has 0 aliphatic heterocycles. The number of nitrogens with zero attached hydrogens (tertiary/aromatic N) is 1. The van der Waals surface area contributed by atoms with Crippen molar-refractivity contribution < 1.29 is 4.74 Å². The lowest BCUT2D eigenvalue weighted by Crippen LogP contribution is -2.25. The van der Waals surface area contributed by atoms with Crippen LogP contribution in [0.1, 0.15) is 94.6 Å². The first-order valence-corrected chi connectivity index (χ1v) is 12.0. The summed E-state index contributed by atoms with van der Waals surface area (Å²) in [7, 11) is 0. The van der Waals surface area contributed by atoms with E-state index >= 15 is 0 Å². The summed E-state index contributed by atoms with van der Waals surface area (Å²) in [5.74, 6) is 2.35. The second-order valence-electron chi connectivity index (χ2n) is 9.29. The maximum atomic E-state index is 8.55. The molecule has 2 nitrogen and oxygen atoms in total. The Bertz CT molecular complexity index is 640. The van der Waals surface area contributed by atoms with Crippen molar-refractivity contribution in [3.8, 4) is 6.07 Å². The standard InChI is InChI=1S/C27H39NO/c1-2-6-22-8-14-25(15-9-22)26-16-10-24(11-17-26)21-29-27-18-12-23(13-19-27)7-4-3-5-20-28/h3,5,8-9,14-15,23-24,26-27H,2,4,6-7,10-13,16-19,21H2,1H3. The fourth-order valence-electron chi connectivity index (χ4n) is 5.23. The van der Waals surface area contributed by atoms with Gasteiger partial charge in [-0.2, -0.15) is 5.26 Å². The summed E-state index contributed by atoms with van der Waals surface area (Å²) in [4.78, 5) is 0. The molecule has 0 aromatic heterocycles. The molecule has 2 saturated carbocycles. The molecule has 1 aromatic rings. The fourth-order valence-corrected chi connectivity index (χ4v) is 5.23. The highest BCUT2D eigenvalue weighted by atomic mass is 16.5. The van der Waals surface area contributed by atoms with Gasteiger partial charge in [0.25, 0.3) is 0 Å². The van der Waals surface area contributed by atoms with Crippen molar-refractivity contribution in [2.75, 3.05) is 6.61 Å². The Labute approximate surface area is 178 Å². The summed E-state index contributed by atoms with van der Waals surface area (Å²) in [6, 6.07) is 11.5. The van der Waals surface area contributed by atoms with E-state index < -0.39 is 0 Å². The topological polar surface area (TPSA) is 33.0 Å². The third kappa shape index (κ3) is 7.31. The highest BCUT2D eigenvalue weighted by molar-refractivity contribution is 5.25. The van der Waals surface area contributed by atoms with Gasteiger partial charge in [-0.1, -0.05) is 43.7 Å². The molecule has 0 spiro atoms. The van der Waals surface area contributed by atoms with Crippen molar-refractivity contribution in [2.24, 2.45) is 11.8 Å². The number of hydrogen-bond acceptors (Lipinski definition) is 2. The van der Waals surface area contributed by atoms with Crippen LogP contribution in [-0.2, 0) is 11.2 Å². The molecule has 0 saturated heterocycles. The first-order chi connectivity index (χ1) is 14.3. The molecular weight excluding hydrogens is 354 g/mol. The molecule has 0 heterocycles. The van der Waals surface area contributed by atoms with Gasteiger partial charge in [-0.15, -0.1) is 0 Å². The highest BCUT2D eigenvalue weighted by Gasteiger charge is 2.25. The van der Waals surface area contributed by atoms with Crippen LogP contribution in [0.4, 0.5) is 0 Å². The van der Waals surface area contributed by atoms with E-state index in [0.717, 1.165) is 30.8 Å². The number of hydrogen-bond donors (Lipinski definition) is 0. The number of aryl methyl sites for hydroxylation is 1. The molecule has 2 heteroatoms. The average Bonchev–Trinajstić information content (AvgIpc) is 2.77. The number of nitriles is 1. The van der Waals surface area contributed by atoms with Crippen LogP contribution < -0.4 is 0 Å². The van der Waals surface area contributed by atoms with Crippen molar-refractivity contribution in [2.45, 2.75) is 96.0 Å². The van der Waals surface area contributed by atoms with Crippen molar-refractivity contribution in [1.29, 1.82) is 5.26 Å². The summed E-state index contributed by atoms with van der Waals surface area (Å²) < 4.78 is 6.34. The molecule has 0 atom stereocenters. The Morgan fingerprint density at radius 2 is 1.66 bits per heavy atom. The SMILES string of the molecule is CCCc1ccc(C2CCC(COC3CCC(CCC=CC#N)CC3)CC2)cc1. The summed E-state index contributed by atoms with van der Waals surface area (Å²) >= 11 is 0. The van der Waals surface area contributed by atoms with E-state index in [1.807, 2.05) is 6.08 Å². The molecule has 158 valence electrons. The molecule has 2 fully saturated rings. The number of allylic oxidation sites excluding steroid dienone is 2. The second-order valence-corrected chi connectivity index (χ2v) is 9.29. The van der Waals surface area contributed by atoms with Gasteiger partial charge >= 0.3 is 0 Å². The number of rotatable bonds is 9. The van der Waals surface area contributed by atoms with Gasteiger partial charge in [-0.3, -0.25) is 0 Å². The van der Waals surface area contributed by atoms with Crippen molar-refractivity contribution in [3.05, 3.63) is 47.5 Å². The van der Waals surface area contributed by atoms with Gasteiger partial charge in [0.05, 0.1) is 12.2 Å². The Hall–Kier alpha value is -1.59. The van der Waals surface area contributed by atoms with Gasteiger partial charge in [0.2, 0.25) is 0 Å². The minimum atomic E-state index is 0.490. The van der Waals surface area contributed by atoms with Crippen LogP contribution in [0.25, 0.3) is 0 Å². The lowest BCUT2D eigenvalue weighted by atomic mass is 9.78. The Morgan fingerprint density at radius 3 is 2.31 bits per heavy atom. The molecule has 0 radical (unpaired) electrons. The summed E-state index contributed by atoms with van der Waals surface area (Å²) in [5.41, 5.74) is 3.03. The first kappa shape index (κ1) is 22.1. The molecular formula is C27H39NO. The van der Waals surface area contributed by atoms with E-state index in [4.69, 9.17) is 10.00 Å². The predicted molar refractivity (Wildman–Crippen MR) is 121 cm³/mol. The Balaban J connectivity index is 1.30. The van der Waals surface area contributed by atoms with Crippen LogP contribution in [0.3, 0.4) is 0 Å². The number of benzene rings is 1. The quantitative estimate of drug-likeness (QED) is 0.411. The lowest BCUT2D eigenvalue weighted by molar-refractivity contribution is -0.00824. The fraction of sp³-hybridized carbons (Fsp3) is 0.667. The molecule has 2 aliphatic carbocycles. The maximum Gasteiger partial charge on any atom is 0.0908 e. The minimum absolute atomic E-state index is 0.490. The van der Waals surface area contributed by atoms with E-state index in [-0.39, 0.29) is 0 Å². The normalized spacial score (nSPS) is 27.7. The maximum absolute atomic E-state index is 8.55. The summed E-state index contributed by atoms with van der Waals surface area (Å²) in [6.07, 6.45) is 19.2. The van der Waals surface area contributed by atoms with Gasteiger partial charge in [0.1, 0.15) is 0 Å². The van der Waals surface area contributed by atoms with E-state index in [0.29, 0.717) is 6.10 Å². The van der Waals surface area contributed by atoms with E-state index in [1.165, 1.54) is 76.2 Å². The molecule has 3 rings (SSSR count). The zero-order chi connectivity index (χ0) is 20.3. The molecule has 29 heavy (non-hydrogen) atoms. The van der Waals surface area contributed by atoms with E-state index in [9.17, 15) is 0 Å². The smallest absolute Gasteiger partial charge is 0.0908 e. The van der Waals surface area contributed by atoms with Gasteiger partial charge in [-0.25, -0.2) is 0 Å². The minimum Gasteiger partial charge on any atom is -0.378 e. The van der Waals surface area contributed by atoms with Crippen LogP contribution in [0.5, 0.6) is 0 Å². The largest absolute Gasteiger partial charge is 0.378 e. The van der Waals surface area contributed by atoms with Gasteiger partial charge < -0.3 is 4.74 Å². The van der Waals surface area contributed by atoms with Crippen LogP contribution in [0.15, 0.2) is 36.4 Å². The lowest BCUT2D eigenvalue weighted by Gasteiger charge is -2.32. The molecule has 1 aromatic carbocycles. The molecule has 2 aliphatic rings. The molecule has 0 unspecified atom stereocenters. The van der Waals surface area contributed by atoms with Crippen molar-refractivity contribution >= 4 is 0 Å². The van der Waals surface area contributed by atoms with Crippen LogP contribution in [0, 0.1) is 23.2 Å². The van der Waals surface area contributed by atoms with Crippen LogP contribution >= 0.6 is 0 Å². The number of ether oxygens (including phenoxy) is 1. The Morgan fingerprint density at radius 1 is 0.966 bits per heavy atom. The van der Waals surface area contributed by atoms with E-state index in [1.54, 1.807) is 11.6 Å².